The van der Waals surface area contributed by atoms with Crippen molar-refractivity contribution in [3.63, 3.8) is 0 Å². The lowest BCUT2D eigenvalue weighted by atomic mass is 10.0. The molecule has 5 nitrogen and oxygen atoms in total. The lowest BCUT2D eigenvalue weighted by Crippen LogP contribution is -2.08. The highest BCUT2D eigenvalue weighted by atomic mass is 35.5. The second-order valence-electron chi connectivity index (χ2n) is 10.4. The minimum Gasteiger partial charge on any atom is -0.489 e. The van der Waals surface area contributed by atoms with Crippen molar-refractivity contribution < 1.29 is 18.6 Å². The topological polar surface area (TPSA) is 57.9 Å². The predicted molar refractivity (Wildman–Crippen MR) is 190 cm³/mol. The van der Waals surface area contributed by atoms with Crippen LogP contribution in [-0.2, 0) is 19.8 Å². The van der Waals surface area contributed by atoms with E-state index in [4.69, 9.17) is 88.2 Å². The molecule has 238 valence electrons. The number of rotatable bonds is 10. The summed E-state index contributed by atoms with van der Waals surface area (Å²) in [4.78, 5) is 14.0. The number of benzene rings is 5. The van der Waals surface area contributed by atoms with E-state index < -0.39 is 0 Å². The van der Waals surface area contributed by atoms with E-state index in [-0.39, 0.29) is 42.0 Å². The van der Waals surface area contributed by atoms with Crippen LogP contribution in [0.25, 0.3) is 22.1 Å². The molecule has 47 heavy (non-hydrogen) atoms. The van der Waals surface area contributed by atoms with E-state index in [0.717, 1.165) is 11.1 Å². The molecule has 6 aromatic rings. The monoisotopic (exact) mass is 744 g/mol. The normalized spacial score (nSPS) is 11.1. The van der Waals surface area contributed by atoms with Crippen molar-refractivity contribution in [2.24, 2.45) is 0 Å². The van der Waals surface area contributed by atoms with Crippen LogP contribution in [0.4, 0.5) is 0 Å². The van der Waals surface area contributed by atoms with Gasteiger partial charge in [0.05, 0.1) is 5.56 Å². The first-order valence-electron chi connectivity index (χ1n) is 14.0. The Bertz CT molecular complexity index is 2150. The summed E-state index contributed by atoms with van der Waals surface area (Å²) in [6, 6.07) is 25.8. The molecule has 0 aliphatic carbocycles. The van der Waals surface area contributed by atoms with Gasteiger partial charge in [0, 0.05) is 59.0 Å². The van der Waals surface area contributed by atoms with Gasteiger partial charge in [-0.3, -0.25) is 4.79 Å². The molecule has 0 bridgehead atoms. The van der Waals surface area contributed by atoms with E-state index in [1.807, 2.05) is 6.07 Å². The van der Waals surface area contributed by atoms with Gasteiger partial charge in [0.25, 0.3) is 0 Å². The molecule has 0 atom stereocenters. The van der Waals surface area contributed by atoms with E-state index in [1.165, 1.54) is 6.26 Å². The van der Waals surface area contributed by atoms with Gasteiger partial charge in [-0.25, -0.2) is 0 Å². The first-order valence-corrected chi connectivity index (χ1v) is 16.3. The van der Waals surface area contributed by atoms with Crippen LogP contribution in [0.15, 0.2) is 106 Å². The largest absolute Gasteiger partial charge is 0.489 e. The highest BCUT2D eigenvalue weighted by Gasteiger charge is 2.18. The standard InChI is InChI=1S/C36H22Cl6O5/c37-24-6-1-21(30(40)11-24)16-44-27-9-4-20(5-10-27)29-19-47-34-15-28(45-17-22-2-7-25(38)12-31(22)41)14-33(35(34)36(29)43)46-18-23-3-8-26(39)13-32(23)42/h1-15,19H,16-18H2. The molecule has 0 amide bonds. The lowest BCUT2D eigenvalue weighted by molar-refractivity contribution is 0.292. The van der Waals surface area contributed by atoms with Crippen molar-refractivity contribution in [2.75, 3.05) is 0 Å². The van der Waals surface area contributed by atoms with E-state index >= 15 is 0 Å². The van der Waals surface area contributed by atoms with Crippen LogP contribution in [0.3, 0.4) is 0 Å². The smallest absolute Gasteiger partial charge is 0.204 e. The van der Waals surface area contributed by atoms with Gasteiger partial charge in [0.2, 0.25) is 5.43 Å². The Morgan fingerprint density at radius 3 is 1.53 bits per heavy atom. The average molecular weight is 747 g/mol. The molecule has 0 aliphatic heterocycles. The third-order valence-electron chi connectivity index (χ3n) is 7.20. The minimum absolute atomic E-state index is 0.0604. The van der Waals surface area contributed by atoms with E-state index in [0.29, 0.717) is 58.3 Å². The Labute approximate surface area is 300 Å². The van der Waals surface area contributed by atoms with Crippen LogP contribution in [-0.4, -0.2) is 0 Å². The van der Waals surface area contributed by atoms with Gasteiger partial charge in [0.1, 0.15) is 54.3 Å². The molecule has 6 rings (SSSR count). The average Bonchev–Trinajstić information content (AvgIpc) is 3.04. The van der Waals surface area contributed by atoms with Gasteiger partial charge in [-0.1, -0.05) is 99.9 Å². The van der Waals surface area contributed by atoms with Crippen molar-refractivity contribution in [3.05, 3.63) is 154 Å². The highest BCUT2D eigenvalue weighted by Crippen LogP contribution is 2.34. The third-order valence-corrected chi connectivity index (χ3v) is 8.96. The Hall–Kier alpha value is -3.55. The SMILES string of the molecule is O=c1c(-c2ccc(OCc3ccc(Cl)cc3Cl)cc2)coc2cc(OCc3ccc(Cl)cc3Cl)cc(OCc3ccc(Cl)cc3Cl)c12. The zero-order valence-corrected chi connectivity index (χ0v) is 28.7. The zero-order valence-electron chi connectivity index (χ0n) is 24.2. The molecular weight excluding hydrogens is 725 g/mol. The van der Waals surface area contributed by atoms with Crippen LogP contribution >= 0.6 is 69.6 Å². The summed E-state index contributed by atoms with van der Waals surface area (Å²) < 4.78 is 24.1. The van der Waals surface area contributed by atoms with Gasteiger partial charge >= 0.3 is 0 Å². The Morgan fingerprint density at radius 1 is 0.532 bits per heavy atom. The van der Waals surface area contributed by atoms with Gasteiger partial charge in [-0.15, -0.1) is 0 Å². The Kier molecular flexibility index (Phi) is 10.4. The van der Waals surface area contributed by atoms with Crippen molar-refractivity contribution in [1.82, 2.24) is 0 Å². The molecule has 0 aliphatic rings. The van der Waals surface area contributed by atoms with Crippen LogP contribution in [0.1, 0.15) is 16.7 Å². The summed E-state index contributed by atoms with van der Waals surface area (Å²) in [6.07, 6.45) is 1.41. The second-order valence-corrected chi connectivity index (χ2v) is 12.9. The zero-order chi connectivity index (χ0) is 33.1. The number of halogens is 6. The molecule has 0 saturated carbocycles. The van der Waals surface area contributed by atoms with E-state index in [2.05, 4.69) is 0 Å². The van der Waals surface area contributed by atoms with Crippen molar-refractivity contribution >= 4 is 80.6 Å². The quantitative estimate of drug-likeness (QED) is 0.140. The van der Waals surface area contributed by atoms with E-state index in [9.17, 15) is 4.79 Å². The maximum atomic E-state index is 14.0. The maximum absolute atomic E-state index is 14.0. The molecule has 0 spiro atoms. The summed E-state index contributed by atoms with van der Waals surface area (Å²) in [7, 11) is 0. The first-order chi connectivity index (χ1) is 22.6. The van der Waals surface area contributed by atoms with Crippen LogP contribution in [0, 0.1) is 0 Å². The van der Waals surface area contributed by atoms with Gasteiger partial charge < -0.3 is 18.6 Å². The molecule has 1 aromatic heterocycles. The fourth-order valence-corrected chi connectivity index (χ4v) is 6.10. The summed E-state index contributed by atoms with van der Waals surface area (Å²) in [5, 5.41) is 3.21. The number of fused-ring (bicyclic) bond motifs is 1. The van der Waals surface area contributed by atoms with E-state index in [1.54, 1.807) is 84.9 Å². The van der Waals surface area contributed by atoms with Crippen molar-refractivity contribution in [1.29, 1.82) is 0 Å². The predicted octanol–water partition coefficient (Wildman–Crippen LogP) is 12.1. The summed E-state index contributed by atoms with van der Waals surface area (Å²) in [6.45, 7) is 0.455. The summed E-state index contributed by atoms with van der Waals surface area (Å²) >= 11 is 37.1. The molecule has 0 fully saturated rings. The van der Waals surface area contributed by atoms with Gasteiger partial charge in [0.15, 0.2) is 0 Å². The molecule has 0 radical (unpaired) electrons. The van der Waals surface area contributed by atoms with Crippen LogP contribution in [0.5, 0.6) is 17.2 Å². The Balaban J connectivity index is 1.30. The lowest BCUT2D eigenvalue weighted by Gasteiger charge is -2.14. The summed E-state index contributed by atoms with van der Waals surface area (Å²) in [5.74, 6) is 1.25. The van der Waals surface area contributed by atoms with Gasteiger partial charge in [-0.2, -0.15) is 0 Å². The first kappa shape index (κ1) is 33.4. The van der Waals surface area contributed by atoms with Gasteiger partial charge in [-0.05, 0) is 54.1 Å². The molecule has 11 heteroatoms. The highest BCUT2D eigenvalue weighted by molar-refractivity contribution is 6.36. The molecule has 5 aromatic carbocycles. The Morgan fingerprint density at radius 2 is 1.02 bits per heavy atom. The van der Waals surface area contributed by atoms with Crippen LogP contribution < -0.4 is 19.6 Å². The number of ether oxygens (including phenoxy) is 3. The fourth-order valence-electron chi connectivity index (χ4n) is 4.71. The van der Waals surface area contributed by atoms with Crippen molar-refractivity contribution in [2.45, 2.75) is 19.8 Å². The number of hydrogen-bond donors (Lipinski definition) is 0. The summed E-state index contributed by atoms with van der Waals surface area (Å²) in [5.41, 5.74) is 3.14. The third kappa shape index (κ3) is 7.95. The molecular formula is C36H22Cl6O5. The molecule has 0 N–H and O–H groups in total. The maximum Gasteiger partial charge on any atom is 0.204 e. The van der Waals surface area contributed by atoms with Crippen molar-refractivity contribution in [3.8, 4) is 28.4 Å². The molecule has 1 heterocycles. The minimum atomic E-state index is -0.294. The second kappa shape index (κ2) is 14.7. The number of hydrogen-bond acceptors (Lipinski definition) is 5. The fraction of sp³-hybridized carbons (Fsp3) is 0.0833. The molecule has 0 unspecified atom stereocenters. The molecule has 0 saturated heterocycles. The van der Waals surface area contributed by atoms with Crippen LogP contribution in [0.2, 0.25) is 30.1 Å².